The van der Waals surface area contributed by atoms with E-state index in [4.69, 9.17) is 15.5 Å². The second-order valence-corrected chi connectivity index (χ2v) is 13.0. The van der Waals surface area contributed by atoms with E-state index >= 15 is 0 Å². The quantitative estimate of drug-likeness (QED) is 0.123. The molecule has 312 valence electrons. The van der Waals surface area contributed by atoms with Crippen molar-refractivity contribution < 1.29 is 98.9 Å². The molecule has 0 bridgehead atoms. The Morgan fingerprint density at radius 1 is 0.632 bits per heavy atom. The molecule has 7 atom stereocenters. The summed E-state index contributed by atoms with van der Waals surface area (Å²) in [7, 11) is 0. The minimum atomic E-state index is -0.662. The first-order chi connectivity index (χ1) is 25.2. The third-order valence-electron chi connectivity index (χ3n) is 9.71. The summed E-state index contributed by atoms with van der Waals surface area (Å²) in [5.41, 5.74) is 5.81. The molecule has 19 nitrogen and oxygen atoms in total. The van der Waals surface area contributed by atoms with Gasteiger partial charge in [-0.1, -0.05) is 87.9 Å². The maximum Gasteiger partial charge on any atom is 0.378 e. The SMILES string of the molecule is C.N#N.O=C1NN=C2OC(=O)C3CCCCCC1C23.O=[C-]C1/C=C/CCCCC1.O=[C-]C1CCCCCC2C(=O)NNC(=O)C12.O=c1nnc(=O)[nH][nH]1.[CH3-].[CH3-].[Y].[Y]. The van der Waals surface area contributed by atoms with E-state index in [1.807, 2.05) is 28.8 Å². The molecule has 2 saturated heterocycles. The van der Waals surface area contributed by atoms with Crippen molar-refractivity contribution in [1.82, 2.24) is 36.7 Å². The minimum absolute atomic E-state index is 0. The molecule has 4 heterocycles. The molecule has 21 heteroatoms. The number of fused-ring (bicyclic) bond motifs is 1. The molecule has 0 aromatic carbocycles. The fourth-order valence-corrected chi connectivity index (χ4v) is 7.13. The van der Waals surface area contributed by atoms with Crippen molar-refractivity contribution in [1.29, 1.82) is 10.8 Å². The van der Waals surface area contributed by atoms with Crippen LogP contribution in [0.25, 0.3) is 0 Å². The number of esters is 1. The zero-order chi connectivity index (χ0) is 37.9. The number of amides is 3. The van der Waals surface area contributed by atoms with Crippen LogP contribution in [0.1, 0.15) is 104 Å². The third-order valence-corrected chi connectivity index (χ3v) is 9.71. The molecule has 1 aromatic heterocycles. The van der Waals surface area contributed by atoms with Gasteiger partial charge in [0.2, 0.25) is 23.6 Å². The molecule has 7 unspecified atom stereocenters. The Hall–Kier alpha value is -3.20. The number of hydrogen-bond acceptors (Lipinski definition) is 14. The molecule has 57 heavy (non-hydrogen) atoms. The van der Waals surface area contributed by atoms with Gasteiger partial charge in [0, 0.05) is 88.0 Å². The van der Waals surface area contributed by atoms with Crippen LogP contribution in [0, 0.1) is 67.1 Å². The standard InChI is InChI=1S/C11H14N2O3.C11H15N2O3.C9H13O.C2H2N4O2.CH4.2CH3.N2.2Y/c14-9-6-4-2-1-3-5-7-8(6)10(13-12-9)16-11(7)15;14-6-7-4-2-1-3-5-8-9(7)11(16)13-12-10(8)15;10-8-9-6-4-2-1-3-5-7-9;7-1-3-5-2(8)6-4-1;;;;1-2;;/h6-8H,1-5H2,(H,12,14);7-9H,1-5H2,(H,12,15)(H,13,16);4,6,9H,1-3,5,7H2;(H,3,4,7)(H,5,6,8);1H4;2*1H3;;;/q;2*-1;;;2*-1;;;/b;;6-4+;;;;;;;. The van der Waals surface area contributed by atoms with E-state index in [9.17, 15) is 38.4 Å². The maximum atomic E-state index is 11.7. The van der Waals surface area contributed by atoms with Crippen LogP contribution in [-0.4, -0.2) is 62.6 Å². The second-order valence-electron chi connectivity index (χ2n) is 13.0. The van der Waals surface area contributed by atoms with E-state index < -0.39 is 23.2 Å². The number of nitrogens with one attached hydrogen (secondary N) is 5. The Morgan fingerprint density at radius 2 is 1.14 bits per heavy atom. The van der Waals surface area contributed by atoms with Crippen molar-refractivity contribution in [3.8, 4) is 0 Å². The van der Waals surface area contributed by atoms with E-state index in [0.717, 1.165) is 64.2 Å². The van der Waals surface area contributed by atoms with Gasteiger partial charge in [-0.2, -0.15) is 0 Å². The molecule has 6 aliphatic rings. The van der Waals surface area contributed by atoms with E-state index in [2.05, 4.69) is 37.7 Å². The Morgan fingerprint density at radius 3 is 1.70 bits per heavy atom. The molecule has 4 fully saturated rings. The van der Waals surface area contributed by atoms with E-state index in [1.165, 1.54) is 19.3 Å². The summed E-state index contributed by atoms with van der Waals surface area (Å²) in [5.74, 6) is -1.84. The van der Waals surface area contributed by atoms with E-state index in [-0.39, 0.29) is 141 Å². The van der Waals surface area contributed by atoms with Gasteiger partial charge in [0.25, 0.3) is 0 Å². The third kappa shape index (κ3) is 18.1. The van der Waals surface area contributed by atoms with Crippen molar-refractivity contribution in [2.75, 3.05) is 0 Å². The Labute approximate surface area is 383 Å². The number of ether oxygens (including phenoxy) is 1. The predicted molar refractivity (Wildman–Crippen MR) is 198 cm³/mol. The summed E-state index contributed by atoms with van der Waals surface area (Å²) < 4.78 is 5.13. The van der Waals surface area contributed by atoms with Crippen LogP contribution in [0.2, 0.25) is 0 Å². The van der Waals surface area contributed by atoms with Crippen molar-refractivity contribution in [3.05, 3.63) is 48.0 Å². The van der Waals surface area contributed by atoms with Gasteiger partial charge in [0.1, 0.15) is 0 Å². The first kappa shape index (κ1) is 58.1. The number of hydrazine groups is 1. The summed E-state index contributed by atoms with van der Waals surface area (Å²) in [4.78, 5) is 88.0. The van der Waals surface area contributed by atoms with Crippen molar-refractivity contribution in [2.45, 2.75) is 104 Å². The number of hydrogen-bond donors (Lipinski definition) is 5. The molecular weight excluding hydrogens is 894 g/mol. The number of rotatable bonds is 2. The Balaban J connectivity index is -0.000000674. The smallest absolute Gasteiger partial charge is 0.378 e. The zero-order valence-corrected chi connectivity index (χ0v) is 37.5. The van der Waals surface area contributed by atoms with Crippen LogP contribution in [0.3, 0.4) is 0 Å². The van der Waals surface area contributed by atoms with Gasteiger partial charge in [-0.3, -0.25) is 42.6 Å². The summed E-state index contributed by atoms with van der Waals surface area (Å²) in [5, 5.41) is 25.5. The largest absolute Gasteiger partial charge is 0.541 e. The summed E-state index contributed by atoms with van der Waals surface area (Å²) in [6, 6.07) is 0. The summed E-state index contributed by atoms with van der Waals surface area (Å²) in [6.07, 6.45) is 23.0. The van der Waals surface area contributed by atoms with Gasteiger partial charge in [0.15, 0.2) is 0 Å². The van der Waals surface area contributed by atoms with E-state index in [1.54, 1.807) is 0 Å². The van der Waals surface area contributed by atoms with Crippen molar-refractivity contribution >= 4 is 42.2 Å². The topological polar surface area (TPSA) is 299 Å². The molecular formula is C36H54N10O9Y2-4. The molecule has 3 aliphatic carbocycles. The molecule has 3 amide bonds. The van der Waals surface area contributed by atoms with Crippen molar-refractivity contribution in [2.24, 2.45) is 46.5 Å². The first-order valence-electron chi connectivity index (χ1n) is 17.6. The number of allylic oxidation sites excluding steroid dienone is 2. The van der Waals surface area contributed by atoms with Crippen molar-refractivity contribution in [3.63, 3.8) is 0 Å². The van der Waals surface area contributed by atoms with Gasteiger partial charge in [-0.15, -0.1) is 23.0 Å². The zero-order valence-electron chi connectivity index (χ0n) is 31.9. The number of aromatic nitrogens is 4. The average Bonchev–Trinajstić information content (AvgIpc) is 3.43. The van der Waals surface area contributed by atoms with Gasteiger partial charge in [-0.05, 0) is 32.1 Å². The number of hydrazone groups is 1. The van der Waals surface area contributed by atoms with Crippen LogP contribution in [-0.2, 0) is 98.9 Å². The van der Waals surface area contributed by atoms with Gasteiger partial charge >= 0.3 is 17.3 Å². The van der Waals surface area contributed by atoms with Gasteiger partial charge in [-0.25, -0.2) is 25.2 Å². The molecule has 2 radical (unpaired) electrons. The second kappa shape index (κ2) is 31.7. The maximum absolute atomic E-state index is 11.7. The fraction of sp³-hybridized carbons (Fsp3) is 0.639. The van der Waals surface area contributed by atoms with Crippen LogP contribution in [0.4, 0.5) is 0 Å². The molecule has 7 rings (SSSR count). The molecule has 3 aliphatic heterocycles. The van der Waals surface area contributed by atoms with E-state index in [0.29, 0.717) is 18.7 Å². The van der Waals surface area contributed by atoms with Crippen LogP contribution < -0.4 is 27.7 Å². The number of H-pyrrole nitrogens is 2. The monoisotopic (exact) mass is 948 g/mol. The van der Waals surface area contributed by atoms with Crippen LogP contribution in [0.5, 0.6) is 0 Å². The van der Waals surface area contributed by atoms with Crippen LogP contribution >= 0.6 is 0 Å². The average molecular weight is 949 g/mol. The normalized spacial score (nSPS) is 27.1. The number of nitrogens with zero attached hydrogens (tertiary/aromatic N) is 5. The number of carbonyl (C=O) groups excluding carboxylic acids is 6. The number of aromatic amines is 2. The molecule has 1 aromatic rings. The Bertz CT molecular complexity index is 1550. The Kier molecular flexibility index (Phi) is 32.4. The predicted octanol–water partition coefficient (Wildman–Crippen LogP) is 2.52. The van der Waals surface area contributed by atoms with Gasteiger partial charge < -0.3 is 29.2 Å². The van der Waals surface area contributed by atoms with Crippen LogP contribution in [0.15, 0.2) is 26.8 Å². The molecule has 2 saturated carbocycles. The fourth-order valence-electron chi connectivity index (χ4n) is 7.13. The summed E-state index contributed by atoms with van der Waals surface area (Å²) >= 11 is 0. The summed E-state index contributed by atoms with van der Waals surface area (Å²) in [6.45, 7) is 0. The van der Waals surface area contributed by atoms with Gasteiger partial charge in [0.05, 0.1) is 17.8 Å². The first-order valence-corrected chi connectivity index (χ1v) is 17.6. The minimum Gasteiger partial charge on any atom is -0.541 e. The molecule has 5 N–H and O–H groups in total. The number of carbonyl (C=O) groups is 4. The molecule has 0 spiro atoms.